The Balaban J connectivity index is 1.78. The van der Waals surface area contributed by atoms with Gasteiger partial charge in [0.05, 0.1) is 17.1 Å². The lowest BCUT2D eigenvalue weighted by atomic mass is 10.2. The lowest BCUT2D eigenvalue weighted by molar-refractivity contribution is -0.127. The number of para-hydroxylation sites is 2. The number of benzene rings is 1. The molecule has 1 saturated heterocycles. The van der Waals surface area contributed by atoms with E-state index in [4.69, 9.17) is 0 Å². The number of aromatic amines is 1. The monoisotopic (exact) mass is 314 g/mol. The summed E-state index contributed by atoms with van der Waals surface area (Å²) < 4.78 is 0. The number of H-pyrrole nitrogens is 1. The zero-order chi connectivity index (χ0) is 16.4. The second-order valence-electron chi connectivity index (χ2n) is 5.65. The van der Waals surface area contributed by atoms with Crippen molar-refractivity contribution >= 4 is 22.8 Å². The number of nitrogens with zero attached hydrogens (tertiary/aromatic N) is 2. The number of likely N-dealkylation sites (tertiary alicyclic amines) is 1. The number of aromatic nitrogens is 2. The number of carbonyl (C=O) groups is 2. The quantitative estimate of drug-likeness (QED) is 0.867. The van der Waals surface area contributed by atoms with E-state index in [1.54, 1.807) is 29.2 Å². The summed E-state index contributed by atoms with van der Waals surface area (Å²) >= 11 is 0. The topological polar surface area (TPSA) is 95.2 Å². The van der Waals surface area contributed by atoms with Crippen molar-refractivity contribution in [3.8, 4) is 0 Å². The minimum atomic E-state index is -0.548. The molecular weight excluding hydrogens is 296 g/mol. The van der Waals surface area contributed by atoms with E-state index in [2.05, 4.69) is 15.3 Å². The van der Waals surface area contributed by atoms with Crippen molar-refractivity contribution in [3.63, 3.8) is 0 Å². The summed E-state index contributed by atoms with van der Waals surface area (Å²) in [7, 11) is 0. The number of amides is 2. The number of rotatable bonds is 4. The molecule has 23 heavy (non-hydrogen) atoms. The van der Waals surface area contributed by atoms with Crippen molar-refractivity contribution in [2.75, 3.05) is 13.1 Å². The zero-order valence-corrected chi connectivity index (χ0v) is 12.8. The van der Waals surface area contributed by atoms with Crippen LogP contribution in [0.1, 0.15) is 30.3 Å². The molecule has 7 nitrogen and oxygen atoms in total. The van der Waals surface area contributed by atoms with Gasteiger partial charge in [-0.05, 0) is 18.6 Å². The van der Waals surface area contributed by atoms with Crippen LogP contribution in [0.3, 0.4) is 0 Å². The van der Waals surface area contributed by atoms with Crippen LogP contribution in [-0.4, -0.2) is 45.8 Å². The Labute approximate surface area is 132 Å². The van der Waals surface area contributed by atoms with Crippen LogP contribution >= 0.6 is 0 Å². The first-order valence-corrected chi connectivity index (χ1v) is 7.66. The Morgan fingerprint density at radius 3 is 2.96 bits per heavy atom. The molecule has 2 heterocycles. The van der Waals surface area contributed by atoms with E-state index in [1.807, 2.05) is 6.92 Å². The fraction of sp³-hybridized carbons (Fsp3) is 0.375. The highest BCUT2D eigenvalue weighted by atomic mass is 16.2. The minimum Gasteiger partial charge on any atom is -0.345 e. The predicted octanol–water partition coefficient (Wildman–Crippen LogP) is 0.664. The third kappa shape index (κ3) is 3.08. The summed E-state index contributed by atoms with van der Waals surface area (Å²) in [6.45, 7) is 3.15. The van der Waals surface area contributed by atoms with E-state index in [-0.39, 0.29) is 24.1 Å². The molecular formula is C16H18N4O3. The molecule has 3 rings (SSSR count). The average Bonchev–Trinajstić information content (AvgIpc) is 2.86. The van der Waals surface area contributed by atoms with Gasteiger partial charge in [-0.2, -0.15) is 0 Å². The van der Waals surface area contributed by atoms with Gasteiger partial charge in [-0.1, -0.05) is 19.1 Å². The maximum absolute atomic E-state index is 12.3. The third-order valence-corrected chi connectivity index (χ3v) is 3.86. The van der Waals surface area contributed by atoms with Crippen molar-refractivity contribution in [1.82, 2.24) is 20.2 Å². The molecule has 0 spiro atoms. The van der Waals surface area contributed by atoms with E-state index in [0.717, 1.165) is 6.42 Å². The second kappa shape index (κ2) is 6.20. The van der Waals surface area contributed by atoms with Crippen molar-refractivity contribution < 1.29 is 9.59 Å². The van der Waals surface area contributed by atoms with Gasteiger partial charge in [-0.3, -0.25) is 14.4 Å². The number of hydrogen-bond acceptors (Lipinski definition) is 4. The SMILES string of the molecule is CCCN1C[C@H](NC(=O)c2nc3ccccc3[nH]c2=O)CC1=O. The summed E-state index contributed by atoms with van der Waals surface area (Å²) in [4.78, 5) is 44.7. The highest BCUT2D eigenvalue weighted by Gasteiger charge is 2.30. The molecule has 0 bridgehead atoms. The number of nitrogens with one attached hydrogen (secondary N) is 2. The maximum atomic E-state index is 12.3. The van der Waals surface area contributed by atoms with Crippen LogP contribution in [0.5, 0.6) is 0 Å². The molecule has 7 heteroatoms. The molecule has 1 aliphatic rings. The predicted molar refractivity (Wildman–Crippen MR) is 85.1 cm³/mol. The average molecular weight is 314 g/mol. The van der Waals surface area contributed by atoms with E-state index < -0.39 is 11.5 Å². The largest absolute Gasteiger partial charge is 0.345 e. The first kappa shape index (κ1) is 15.2. The van der Waals surface area contributed by atoms with Crippen molar-refractivity contribution in [3.05, 3.63) is 40.3 Å². The van der Waals surface area contributed by atoms with Gasteiger partial charge in [0, 0.05) is 19.5 Å². The molecule has 0 aliphatic carbocycles. The smallest absolute Gasteiger partial charge is 0.280 e. The molecule has 0 saturated carbocycles. The fourth-order valence-electron chi connectivity index (χ4n) is 2.79. The summed E-state index contributed by atoms with van der Waals surface area (Å²) in [6.07, 6.45) is 1.13. The van der Waals surface area contributed by atoms with Crippen LogP contribution in [0, 0.1) is 0 Å². The Hall–Kier alpha value is -2.70. The van der Waals surface area contributed by atoms with Gasteiger partial charge >= 0.3 is 0 Å². The molecule has 1 aromatic carbocycles. The molecule has 1 aliphatic heterocycles. The zero-order valence-electron chi connectivity index (χ0n) is 12.8. The number of fused-ring (bicyclic) bond motifs is 1. The van der Waals surface area contributed by atoms with E-state index >= 15 is 0 Å². The second-order valence-corrected chi connectivity index (χ2v) is 5.65. The van der Waals surface area contributed by atoms with Gasteiger partial charge < -0.3 is 15.2 Å². The molecule has 1 aromatic heterocycles. The molecule has 1 atom stereocenters. The summed E-state index contributed by atoms with van der Waals surface area (Å²) in [6, 6.07) is 6.74. The lowest BCUT2D eigenvalue weighted by Crippen LogP contribution is -2.40. The van der Waals surface area contributed by atoms with Gasteiger partial charge in [0.25, 0.3) is 11.5 Å². The van der Waals surface area contributed by atoms with Crippen LogP contribution in [-0.2, 0) is 4.79 Å². The maximum Gasteiger partial charge on any atom is 0.280 e. The van der Waals surface area contributed by atoms with Crippen LogP contribution in [0.15, 0.2) is 29.1 Å². The Bertz CT molecular complexity index is 814. The van der Waals surface area contributed by atoms with E-state index in [0.29, 0.717) is 24.1 Å². The Morgan fingerprint density at radius 2 is 2.17 bits per heavy atom. The molecule has 2 N–H and O–H groups in total. The Morgan fingerprint density at radius 1 is 1.39 bits per heavy atom. The van der Waals surface area contributed by atoms with E-state index in [9.17, 15) is 14.4 Å². The highest BCUT2D eigenvalue weighted by molar-refractivity contribution is 5.94. The van der Waals surface area contributed by atoms with Crippen LogP contribution < -0.4 is 10.9 Å². The molecule has 2 amide bonds. The van der Waals surface area contributed by atoms with Crippen LogP contribution in [0.25, 0.3) is 11.0 Å². The fourth-order valence-corrected chi connectivity index (χ4v) is 2.79. The summed E-state index contributed by atoms with van der Waals surface area (Å²) in [5.74, 6) is -0.523. The molecule has 1 fully saturated rings. The Kier molecular flexibility index (Phi) is 4.10. The molecule has 0 radical (unpaired) electrons. The molecule has 120 valence electrons. The van der Waals surface area contributed by atoms with Gasteiger partial charge in [0.1, 0.15) is 0 Å². The molecule has 0 unspecified atom stereocenters. The van der Waals surface area contributed by atoms with E-state index in [1.165, 1.54) is 0 Å². The first-order chi connectivity index (χ1) is 11.1. The standard InChI is InChI=1S/C16H18N4O3/c1-2-7-20-9-10(8-13(20)21)17-15(22)14-16(23)19-12-6-4-3-5-11(12)18-14/h3-6,10H,2,7-9H2,1H3,(H,17,22)(H,19,23)/t10-/m1/s1. The third-order valence-electron chi connectivity index (χ3n) is 3.86. The first-order valence-electron chi connectivity index (χ1n) is 7.66. The summed E-state index contributed by atoms with van der Waals surface area (Å²) in [5.41, 5.74) is 0.424. The van der Waals surface area contributed by atoms with Crippen LogP contribution in [0.4, 0.5) is 0 Å². The van der Waals surface area contributed by atoms with Crippen LogP contribution in [0.2, 0.25) is 0 Å². The summed E-state index contributed by atoms with van der Waals surface area (Å²) in [5, 5.41) is 2.74. The van der Waals surface area contributed by atoms with Crippen molar-refractivity contribution in [2.45, 2.75) is 25.8 Å². The van der Waals surface area contributed by atoms with Gasteiger partial charge in [0.2, 0.25) is 5.91 Å². The van der Waals surface area contributed by atoms with Crippen molar-refractivity contribution in [2.24, 2.45) is 0 Å². The van der Waals surface area contributed by atoms with Gasteiger partial charge in [-0.25, -0.2) is 4.98 Å². The van der Waals surface area contributed by atoms with Crippen molar-refractivity contribution in [1.29, 1.82) is 0 Å². The lowest BCUT2D eigenvalue weighted by Gasteiger charge is -2.15. The minimum absolute atomic E-state index is 0.0255. The molecule has 2 aromatic rings. The number of hydrogen-bond donors (Lipinski definition) is 2. The van der Waals surface area contributed by atoms with Gasteiger partial charge in [-0.15, -0.1) is 0 Å². The normalized spacial score (nSPS) is 17.7. The number of carbonyl (C=O) groups excluding carboxylic acids is 2. The van der Waals surface area contributed by atoms with Gasteiger partial charge in [0.15, 0.2) is 5.69 Å². The highest BCUT2D eigenvalue weighted by Crippen LogP contribution is 2.12.